The molecule has 3 aromatic rings. The predicted molar refractivity (Wildman–Crippen MR) is 108 cm³/mol. The molecule has 0 spiro atoms. The van der Waals surface area contributed by atoms with Gasteiger partial charge in [-0.15, -0.1) is 0 Å². The number of thiocarbonyl (C=S) groups is 1. The van der Waals surface area contributed by atoms with Crippen molar-refractivity contribution in [1.82, 2.24) is 15.3 Å². The van der Waals surface area contributed by atoms with Crippen LogP contribution in [0.15, 0.2) is 60.4 Å². The lowest BCUT2D eigenvalue weighted by atomic mass is 10.1. The van der Waals surface area contributed by atoms with E-state index >= 15 is 0 Å². The van der Waals surface area contributed by atoms with Gasteiger partial charge in [0.15, 0.2) is 11.6 Å². The summed E-state index contributed by atoms with van der Waals surface area (Å²) < 4.78 is 27.2. The molecule has 6 heteroatoms. The van der Waals surface area contributed by atoms with Gasteiger partial charge in [0.1, 0.15) is 10.5 Å². The second kappa shape index (κ2) is 8.31. The molecule has 1 unspecified atom stereocenters. The molecule has 0 saturated heterocycles. The van der Waals surface area contributed by atoms with Crippen molar-refractivity contribution in [1.29, 1.82) is 0 Å². The number of hydrogen-bond donors (Lipinski definition) is 1. The van der Waals surface area contributed by atoms with Gasteiger partial charge < -0.3 is 5.32 Å². The van der Waals surface area contributed by atoms with Gasteiger partial charge in [0, 0.05) is 35.5 Å². The van der Waals surface area contributed by atoms with E-state index in [4.69, 9.17) is 12.2 Å². The third-order valence-corrected chi connectivity index (χ3v) is 4.37. The average Bonchev–Trinajstić information content (AvgIpc) is 2.64. The first-order valence-electron chi connectivity index (χ1n) is 8.53. The van der Waals surface area contributed by atoms with Crippen LogP contribution < -0.4 is 5.32 Å². The number of hydrogen-bond acceptors (Lipinski definition) is 3. The Hall–Kier alpha value is -2.73. The topological polar surface area (TPSA) is 37.8 Å². The molecule has 1 aromatic carbocycles. The number of fused-ring (bicyclic) bond motifs is 1. The predicted octanol–water partition coefficient (Wildman–Crippen LogP) is 4.75. The van der Waals surface area contributed by atoms with Gasteiger partial charge in [0.05, 0.1) is 6.04 Å². The molecule has 1 atom stereocenters. The summed E-state index contributed by atoms with van der Waals surface area (Å²) in [6.45, 7) is 4.04. The molecule has 2 aromatic heterocycles. The lowest BCUT2D eigenvalue weighted by Crippen LogP contribution is -2.35. The first-order valence-corrected chi connectivity index (χ1v) is 8.94. The Balaban J connectivity index is 1.83. The second-order valence-corrected chi connectivity index (χ2v) is 6.91. The van der Waals surface area contributed by atoms with Gasteiger partial charge in [0.2, 0.25) is 0 Å². The van der Waals surface area contributed by atoms with Crippen LogP contribution >= 0.6 is 12.2 Å². The zero-order valence-electron chi connectivity index (χ0n) is 15.0. The molecule has 1 N–H and O–H groups in total. The zero-order valence-corrected chi connectivity index (χ0v) is 15.9. The molecule has 0 bridgehead atoms. The molecule has 0 fully saturated rings. The maximum Gasteiger partial charge on any atom is 0.184 e. The molecule has 2 heterocycles. The van der Waals surface area contributed by atoms with Crippen molar-refractivity contribution in [2.45, 2.75) is 26.3 Å². The van der Waals surface area contributed by atoms with Gasteiger partial charge in [-0.25, -0.2) is 8.78 Å². The van der Waals surface area contributed by atoms with Crippen molar-refractivity contribution in [2.75, 3.05) is 0 Å². The number of benzene rings is 1. The molecular weight excluding hydrogens is 364 g/mol. The number of allylic oxidation sites excluding steroid dienone is 1. The quantitative estimate of drug-likeness (QED) is 0.510. The summed E-state index contributed by atoms with van der Waals surface area (Å²) in [5.74, 6) is -1.86. The lowest BCUT2D eigenvalue weighted by molar-refractivity contribution is 0.515. The molecule has 0 aliphatic heterocycles. The first kappa shape index (κ1) is 19.0. The molecule has 27 heavy (non-hydrogen) atoms. The average molecular weight is 383 g/mol. The van der Waals surface area contributed by atoms with E-state index in [-0.39, 0.29) is 11.6 Å². The van der Waals surface area contributed by atoms with E-state index < -0.39 is 11.6 Å². The molecule has 0 aliphatic carbocycles. The highest BCUT2D eigenvalue weighted by molar-refractivity contribution is 7.80. The Kier molecular flexibility index (Phi) is 5.86. The Labute approximate surface area is 162 Å². The van der Waals surface area contributed by atoms with Crippen LogP contribution in [0.3, 0.4) is 0 Å². The summed E-state index contributed by atoms with van der Waals surface area (Å²) in [6.07, 6.45) is 5.98. The van der Waals surface area contributed by atoms with Crippen molar-refractivity contribution in [3.8, 4) is 0 Å². The zero-order chi connectivity index (χ0) is 19.4. The van der Waals surface area contributed by atoms with Crippen LogP contribution in [0.4, 0.5) is 8.78 Å². The highest BCUT2D eigenvalue weighted by Crippen LogP contribution is 2.19. The smallest absolute Gasteiger partial charge is 0.184 e. The molecule has 0 amide bonds. The van der Waals surface area contributed by atoms with E-state index in [9.17, 15) is 8.78 Å². The van der Waals surface area contributed by atoms with Crippen LogP contribution in [-0.4, -0.2) is 21.0 Å². The third-order valence-electron chi connectivity index (χ3n) is 4.01. The van der Waals surface area contributed by atoms with Crippen molar-refractivity contribution in [3.05, 3.63) is 83.3 Å². The van der Waals surface area contributed by atoms with E-state index in [1.807, 2.05) is 32.0 Å². The number of halogens is 2. The van der Waals surface area contributed by atoms with Crippen molar-refractivity contribution in [3.63, 3.8) is 0 Å². The van der Waals surface area contributed by atoms with Crippen LogP contribution in [-0.2, 0) is 6.42 Å². The summed E-state index contributed by atoms with van der Waals surface area (Å²) in [6, 6.07) is 10.0. The summed E-state index contributed by atoms with van der Waals surface area (Å²) in [4.78, 5) is 8.90. The van der Waals surface area contributed by atoms with E-state index in [0.29, 0.717) is 22.4 Å². The number of aromatic nitrogens is 2. The lowest BCUT2D eigenvalue weighted by Gasteiger charge is -2.18. The highest BCUT2D eigenvalue weighted by Gasteiger charge is 2.13. The van der Waals surface area contributed by atoms with Gasteiger partial charge >= 0.3 is 0 Å². The standard InChI is InChI=1S/C21H19F2N3S/c1-13(2)9-17(11-16-5-3-4-8-24-16)26-21(27)15-10-14-6-7-18(22)19(23)20(14)25-12-15/h3-10,12,17H,11H2,1-2H3,(H,26,27). The highest BCUT2D eigenvalue weighted by atomic mass is 32.1. The number of nitrogens with zero attached hydrogens (tertiary/aromatic N) is 2. The van der Waals surface area contributed by atoms with Crippen LogP contribution in [0.2, 0.25) is 0 Å². The molecule has 0 saturated carbocycles. The molecule has 3 nitrogen and oxygen atoms in total. The van der Waals surface area contributed by atoms with Crippen LogP contribution in [0.1, 0.15) is 25.1 Å². The number of rotatable bonds is 5. The second-order valence-electron chi connectivity index (χ2n) is 6.51. The fourth-order valence-corrected chi connectivity index (χ4v) is 3.08. The number of pyridine rings is 2. The van der Waals surface area contributed by atoms with Gasteiger partial charge in [-0.1, -0.05) is 29.9 Å². The Bertz CT molecular complexity index is 999. The van der Waals surface area contributed by atoms with Gasteiger partial charge in [0.25, 0.3) is 0 Å². The third kappa shape index (κ3) is 4.71. The minimum Gasteiger partial charge on any atom is -0.369 e. The number of nitrogens with one attached hydrogen (secondary N) is 1. The summed E-state index contributed by atoms with van der Waals surface area (Å²) in [7, 11) is 0. The van der Waals surface area contributed by atoms with Crippen LogP contribution in [0, 0.1) is 11.6 Å². The maximum absolute atomic E-state index is 13.8. The Morgan fingerprint density at radius 2 is 2.00 bits per heavy atom. The monoisotopic (exact) mass is 383 g/mol. The summed E-state index contributed by atoms with van der Waals surface area (Å²) in [5.41, 5.74) is 2.75. The van der Waals surface area contributed by atoms with Gasteiger partial charge in [-0.05, 0) is 44.2 Å². The fourth-order valence-electron chi connectivity index (χ4n) is 2.82. The van der Waals surface area contributed by atoms with Crippen molar-refractivity contribution in [2.24, 2.45) is 0 Å². The van der Waals surface area contributed by atoms with Gasteiger partial charge in [-0.2, -0.15) is 0 Å². The minimum atomic E-state index is -0.949. The Morgan fingerprint density at radius 1 is 1.19 bits per heavy atom. The molecule has 138 valence electrons. The summed E-state index contributed by atoms with van der Waals surface area (Å²) >= 11 is 5.52. The molecule has 0 aliphatic rings. The van der Waals surface area contributed by atoms with E-state index in [2.05, 4.69) is 21.4 Å². The van der Waals surface area contributed by atoms with Crippen LogP contribution in [0.5, 0.6) is 0 Å². The van der Waals surface area contributed by atoms with E-state index in [0.717, 1.165) is 17.3 Å². The normalized spacial score (nSPS) is 11.9. The molecule has 0 radical (unpaired) electrons. The van der Waals surface area contributed by atoms with Crippen molar-refractivity contribution >= 4 is 28.1 Å². The summed E-state index contributed by atoms with van der Waals surface area (Å²) in [5, 5.41) is 3.81. The first-order chi connectivity index (χ1) is 12.9. The minimum absolute atomic E-state index is 0.00381. The van der Waals surface area contributed by atoms with E-state index in [1.165, 1.54) is 12.3 Å². The van der Waals surface area contributed by atoms with Crippen LogP contribution in [0.25, 0.3) is 10.9 Å². The maximum atomic E-state index is 13.8. The van der Waals surface area contributed by atoms with E-state index in [1.54, 1.807) is 12.3 Å². The fraction of sp³-hybridized carbons (Fsp3) is 0.190. The SMILES string of the molecule is CC(C)=CC(Cc1ccccn1)NC(=S)c1cnc2c(F)c(F)ccc2c1. The molecule has 3 rings (SSSR count). The molecular formula is C21H19F2N3S. The van der Waals surface area contributed by atoms with Crippen molar-refractivity contribution < 1.29 is 8.78 Å². The Morgan fingerprint density at radius 3 is 2.70 bits per heavy atom. The largest absolute Gasteiger partial charge is 0.369 e. The van der Waals surface area contributed by atoms with Gasteiger partial charge in [-0.3, -0.25) is 9.97 Å².